The maximum absolute atomic E-state index is 13.2. The molecular weight excluding hydrogens is 506 g/mol. The molecule has 0 spiro atoms. The van der Waals surface area contributed by atoms with E-state index in [2.05, 4.69) is 0 Å². The molecule has 0 saturated carbocycles. The standard InChI is InChI=1S/C11H4F18O2/c1-3(12,13)5(16,17)7(20,21)9(24,25)11(28,29)10(26,27)8(22,23)6(18,19)4(14,15)2(30)31/h1H3,(H,30,31)/p-1. The number of carbonyl (C=O) groups excluding carboxylic acids is 1. The lowest BCUT2D eigenvalue weighted by Crippen LogP contribution is -2.76. The van der Waals surface area contributed by atoms with Gasteiger partial charge in [-0.3, -0.25) is 0 Å². The molecule has 31 heavy (non-hydrogen) atoms. The van der Waals surface area contributed by atoms with E-state index in [1.807, 2.05) is 0 Å². The summed E-state index contributed by atoms with van der Waals surface area (Å²) >= 11 is 0. The molecule has 0 atom stereocenters. The van der Waals surface area contributed by atoms with E-state index in [0.717, 1.165) is 0 Å². The first-order valence-electron chi connectivity index (χ1n) is 6.56. The number of carboxylic acid groups (broad SMARTS) is 1. The Morgan fingerprint density at radius 1 is 0.452 bits per heavy atom. The SMILES string of the molecule is CC(F)(F)C(F)(F)C(F)(F)C(F)(F)C(F)(F)C(F)(F)C(F)(F)C(F)(F)C(F)(F)C(=O)[O-]. The van der Waals surface area contributed by atoms with Crippen LogP contribution in [0.2, 0.25) is 0 Å². The summed E-state index contributed by atoms with van der Waals surface area (Å²) in [4.78, 5) is 9.73. The minimum Gasteiger partial charge on any atom is -0.544 e. The molecule has 0 aromatic heterocycles. The first-order valence-corrected chi connectivity index (χ1v) is 6.56. The summed E-state index contributed by atoms with van der Waals surface area (Å²) in [6.45, 7) is -1.35. The minimum absolute atomic E-state index is 1.35. The Morgan fingerprint density at radius 3 is 0.839 bits per heavy atom. The summed E-state index contributed by atoms with van der Waals surface area (Å²) in [5.74, 6) is -78.4. The number of hydrogen-bond donors (Lipinski definition) is 0. The van der Waals surface area contributed by atoms with Crippen LogP contribution in [0, 0.1) is 0 Å². The Bertz CT molecular complexity index is 702. The Balaban J connectivity index is 6.95. The van der Waals surface area contributed by atoms with E-state index < -0.39 is 66.2 Å². The number of aliphatic carboxylic acids is 1. The molecule has 0 N–H and O–H groups in total. The van der Waals surface area contributed by atoms with Gasteiger partial charge in [-0.1, -0.05) is 0 Å². The van der Waals surface area contributed by atoms with Gasteiger partial charge in [-0.05, 0) is 0 Å². The van der Waals surface area contributed by atoms with Crippen molar-refractivity contribution >= 4 is 5.97 Å². The third-order valence-corrected chi connectivity index (χ3v) is 3.57. The van der Waals surface area contributed by atoms with E-state index in [0.29, 0.717) is 0 Å². The topological polar surface area (TPSA) is 40.1 Å². The summed E-state index contributed by atoms with van der Waals surface area (Å²) in [6, 6.07) is 0. The lowest BCUT2D eigenvalue weighted by atomic mass is 9.86. The van der Waals surface area contributed by atoms with Crippen molar-refractivity contribution in [1.29, 1.82) is 0 Å². The molecule has 0 aromatic carbocycles. The van der Waals surface area contributed by atoms with Crippen LogP contribution >= 0.6 is 0 Å². The van der Waals surface area contributed by atoms with Gasteiger partial charge in [0.25, 0.3) is 0 Å². The van der Waals surface area contributed by atoms with Crippen LogP contribution in [0.1, 0.15) is 6.92 Å². The van der Waals surface area contributed by atoms with Gasteiger partial charge in [-0.25, -0.2) is 0 Å². The summed E-state index contributed by atoms with van der Waals surface area (Å²) in [6.07, 6.45) is 0. The lowest BCUT2D eigenvalue weighted by Gasteiger charge is -2.44. The summed E-state index contributed by atoms with van der Waals surface area (Å²) in [5, 5.41) is 9.73. The zero-order valence-corrected chi connectivity index (χ0v) is 13.6. The molecule has 0 aliphatic rings. The van der Waals surface area contributed by atoms with Crippen LogP contribution < -0.4 is 5.11 Å². The van der Waals surface area contributed by atoms with Gasteiger partial charge in [0, 0.05) is 6.92 Å². The van der Waals surface area contributed by atoms with Gasteiger partial charge in [-0.2, -0.15) is 79.0 Å². The molecule has 186 valence electrons. The fourth-order valence-electron chi connectivity index (χ4n) is 1.59. The average molecular weight is 509 g/mol. The normalized spacial score (nSPS) is 16.5. The number of carboxylic acids is 1. The highest BCUT2D eigenvalue weighted by Crippen LogP contribution is 2.64. The van der Waals surface area contributed by atoms with E-state index in [9.17, 15) is 88.9 Å². The Hall–Kier alpha value is -1.79. The third-order valence-electron chi connectivity index (χ3n) is 3.57. The summed E-state index contributed by atoms with van der Waals surface area (Å²) < 4.78 is 233. The van der Waals surface area contributed by atoms with Gasteiger partial charge in [0.05, 0.1) is 0 Å². The van der Waals surface area contributed by atoms with Crippen LogP contribution in [0.5, 0.6) is 0 Å². The van der Waals surface area contributed by atoms with Crippen molar-refractivity contribution in [3.8, 4) is 0 Å². The Labute approximate surface area is 156 Å². The molecule has 0 unspecified atom stereocenters. The molecule has 2 nitrogen and oxygen atoms in total. The number of halogens is 18. The zero-order chi connectivity index (χ0) is 26.1. The minimum atomic E-state index is -8.91. The summed E-state index contributed by atoms with van der Waals surface area (Å²) in [7, 11) is 0. The Kier molecular flexibility index (Phi) is 6.46. The number of rotatable bonds is 9. The largest absolute Gasteiger partial charge is 0.544 e. The average Bonchev–Trinajstić information content (AvgIpc) is 2.52. The van der Waals surface area contributed by atoms with Crippen molar-refractivity contribution in [3.63, 3.8) is 0 Å². The van der Waals surface area contributed by atoms with Crippen molar-refractivity contribution in [2.75, 3.05) is 0 Å². The first-order chi connectivity index (χ1) is 12.9. The fourth-order valence-corrected chi connectivity index (χ4v) is 1.59. The van der Waals surface area contributed by atoms with Gasteiger partial charge in [-0.15, -0.1) is 0 Å². The van der Waals surface area contributed by atoms with Crippen molar-refractivity contribution in [2.45, 2.75) is 60.2 Å². The molecule has 0 fully saturated rings. The smallest absolute Gasteiger partial charge is 0.385 e. The molecule has 0 saturated heterocycles. The van der Waals surface area contributed by atoms with Crippen LogP contribution in [0.25, 0.3) is 0 Å². The predicted molar refractivity (Wildman–Crippen MR) is 55.2 cm³/mol. The Morgan fingerprint density at radius 2 is 0.645 bits per heavy atom. The summed E-state index contributed by atoms with van der Waals surface area (Å²) in [5.41, 5.74) is 0. The van der Waals surface area contributed by atoms with E-state index in [4.69, 9.17) is 0 Å². The maximum Gasteiger partial charge on any atom is 0.385 e. The number of carbonyl (C=O) groups is 1. The molecule has 0 aliphatic carbocycles. The van der Waals surface area contributed by atoms with Crippen LogP contribution in [-0.4, -0.2) is 59.3 Å². The molecule has 0 amide bonds. The molecule has 0 bridgehead atoms. The third kappa shape index (κ3) is 3.34. The highest BCUT2D eigenvalue weighted by Gasteiger charge is 2.96. The highest BCUT2D eigenvalue weighted by atomic mass is 19.4. The van der Waals surface area contributed by atoms with E-state index in [1.165, 1.54) is 0 Å². The molecule has 0 rings (SSSR count). The second-order valence-corrected chi connectivity index (χ2v) is 5.77. The molecule has 0 aliphatic heterocycles. The van der Waals surface area contributed by atoms with E-state index in [-0.39, 0.29) is 0 Å². The lowest BCUT2D eigenvalue weighted by molar-refractivity contribution is -0.462. The van der Waals surface area contributed by atoms with Crippen LogP contribution in [0.4, 0.5) is 79.0 Å². The van der Waals surface area contributed by atoms with Gasteiger partial charge < -0.3 is 9.90 Å². The van der Waals surface area contributed by atoms with Crippen molar-refractivity contribution in [2.24, 2.45) is 0 Å². The molecule has 0 aromatic rings. The van der Waals surface area contributed by atoms with Crippen LogP contribution in [0.3, 0.4) is 0 Å². The van der Waals surface area contributed by atoms with Gasteiger partial charge in [0.2, 0.25) is 0 Å². The van der Waals surface area contributed by atoms with Gasteiger partial charge in [0.15, 0.2) is 0 Å². The predicted octanol–water partition coefficient (Wildman–Crippen LogP) is 4.47. The molecule has 0 radical (unpaired) electrons. The van der Waals surface area contributed by atoms with Crippen molar-refractivity contribution in [3.05, 3.63) is 0 Å². The van der Waals surface area contributed by atoms with Crippen LogP contribution in [0.15, 0.2) is 0 Å². The monoisotopic (exact) mass is 509 g/mol. The number of alkyl halides is 18. The van der Waals surface area contributed by atoms with Gasteiger partial charge in [0.1, 0.15) is 5.97 Å². The molecule has 20 heteroatoms. The molecule has 0 heterocycles. The highest BCUT2D eigenvalue weighted by molar-refractivity contribution is 5.75. The fraction of sp³-hybridized carbons (Fsp3) is 0.909. The van der Waals surface area contributed by atoms with Crippen LogP contribution in [-0.2, 0) is 4.79 Å². The van der Waals surface area contributed by atoms with Gasteiger partial charge >= 0.3 is 53.3 Å². The first kappa shape index (κ1) is 29.2. The second-order valence-electron chi connectivity index (χ2n) is 5.77. The maximum atomic E-state index is 13.2. The number of hydrogen-bond acceptors (Lipinski definition) is 2. The second kappa shape index (κ2) is 6.85. The molecular formula is C11H3F18O2-. The zero-order valence-electron chi connectivity index (χ0n) is 13.6. The van der Waals surface area contributed by atoms with Crippen molar-refractivity contribution in [1.82, 2.24) is 0 Å². The quantitative estimate of drug-likeness (QED) is 0.431. The van der Waals surface area contributed by atoms with Crippen molar-refractivity contribution < 1.29 is 88.9 Å². The van der Waals surface area contributed by atoms with E-state index >= 15 is 0 Å². The van der Waals surface area contributed by atoms with E-state index in [1.54, 1.807) is 0 Å².